The van der Waals surface area contributed by atoms with Crippen molar-refractivity contribution in [1.82, 2.24) is 5.32 Å². The molecule has 2 rings (SSSR count). The van der Waals surface area contributed by atoms with Crippen molar-refractivity contribution >= 4 is 23.8 Å². The number of aliphatic carboxylic acids is 1. The lowest BCUT2D eigenvalue weighted by molar-refractivity contribution is -0.139. The summed E-state index contributed by atoms with van der Waals surface area (Å²) in [4.78, 5) is 23.1. The first-order valence-electron chi connectivity index (χ1n) is 7.43. The molecule has 1 aromatic rings. The number of rotatable bonds is 6. The average molecular weight is 323 g/mol. The van der Waals surface area contributed by atoms with Gasteiger partial charge in [-0.1, -0.05) is 30.3 Å². The van der Waals surface area contributed by atoms with E-state index in [4.69, 9.17) is 4.74 Å². The Hall–Kier alpha value is -1.69. The molecule has 1 heterocycles. The Morgan fingerprint density at radius 2 is 1.95 bits per heavy atom. The number of hydrogen-bond acceptors (Lipinski definition) is 4. The number of amides is 1. The Morgan fingerprint density at radius 1 is 1.27 bits per heavy atom. The lowest BCUT2D eigenvalue weighted by Gasteiger charge is -2.24. The molecule has 5 nitrogen and oxygen atoms in total. The second kappa shape index (κ2) is 8.68. The maximum absolute atomic E-state index is 11.8. The van der Waals surface area contributed by atoms with Crippen LogP contribution in [-0.2, 0) is 16.1 Å². The van der Waals surface area contributed by atoms with E-state index in [0.29, 0.717) is 12.3 Å². The number of carboxylic acids is 1. The fourth-order valence-electron chi connectivity index (χ4n) is 2.44. The zero-order valence-electron chi connectivity index (χ0n) is 12.4. The van der Waals surface area contributed by atoms with E-state index < -0.39 is 18.1 Å². The monoisotopic (exact) mass is 323 g/mol. The zero-order chi connectivity index (χ0) is 15.8. The van der Waals surface area contributed by atoms with Crippen LogP contribution >= 0.6 is 11.8 Å². The largest absolute Gasteiger partial charge is 0.480 e. The van der Waals surface area contributed by atoms with Crippen LogP contribution in [0.4, 0.5) is 4.79 Å². The summed E-state index contributed by atoms with van der Waals surface area (Å²) in [6.45, 7) is 0.138. The zero-order valence-corrected chi connectivity index (χ0v) is 13.2. The number of nitrogens with one attached hydrogen (secondary N) is 1. The van der Waals surface area contributed by atoms with Gasteiger partial charge >= 0.3 is 12.1 Å². The molecule has 22 heavy (non-hydrogen) atoms. The van der Waals surface area contributed by atoms with Crippen molar-refractivity contribution in [3.05, 3.63) is 35.9 Å². The lowest BCUT2D eigenvalue weighted by atomic mass is 9.94. The molecule has 0 aliphatic carbocycles. The molecule has 1 aliphatic heterocycles. The molecule has 1 amide bonds. The van der Waals surface area contributed by atoms with Crippen molar-refractivity contribution < 1.29 is 19.4 Å². The molecule has 1 aliphatic rings. The van der Waals surface area contributed by atoms with E-state index >= 15 is 0 Å². The van der Waals surface area contributed by atoms with E-state index in [-0.39, 0.29) is 6.61 Å². The SMILES string of the molecule is O=C(NC(CC1CCSCC1)C(=O)O)OCc1ccccc1. The van der Waals surface area contributed by atoms with E-state index in [1.807, 2.05) is 42.1 Å². The predicted molar refractivity (Wildman–Crippen MR) is 85.9 cm³/mol. The van der Waals surface area contributed by atoms with Crippen LogP contribution in [0.3, 0.4) is 0 Å². The van der Waals surface area contributed by atoms with Gasteiger partial charge in [-0.2, -0.15) is 11.8 Å². The van der Waals surface area contributed by atoms with Gasteiger partial charge in [-0.25, -0.2) is 9.59 Å². The fourth-order valence-corrected chi connectivity index (χ4v) is 3.65. The number of hydrogen-bond donors (Lipinski definition) is 2. The highest BCUT2D eigenvalue weighted by atomic mass is 32.2. The van der Waals surface area contributed by atoms with Crippen molar-refractivity contribution in [1.29, 1.82) is 0 Å². The summed E-state index contributed by atoms with van der Waals surface area (Å²) in [6, 6.07) is 8.42. The minimum absolute atomic E-state index is 0.138. The van der Waals surface area contributed by atoms with Gasteiger partial charge in [-0.05, 0) is 42.2 Å². The van der Waals surface area contributed by atoms with Gasteiger partial charge in [0, 0.05) is 0 Å². The second-order valence-electron chi connectivity index (χ2n) is 5.39. The summed E-state index contributed by atoms with van der Waals surface area (Å²) in [5, 5.41) is 11.7. The highest BCUT2D eigenvalue weighted by Crippen LogP contribution is 2.26. The van der Waals surface area contributed by atoms with Crippen LogP contribution in [0.15, 0.2) is 30.3 Å². The van der Waals surface area contributed by atoms with Crippen LogP contribution < -0.4 is 5.32 Å². The fraction of sp³-hybridized carbons (Fsp3) is 0.500. The first-order chi connectivity index (χ1) is 10.6. The van der Waals surface area contributed by atoms with E-state index in [9.17, 15) is 14.7 Å². The summed E-state index contributed by atoms with van der Waals surface area (Å²) in [7, 11) is 0. The Bertz CT molecular complexity index is 488. The van der Waals surface area contributed by atoms with Gasteiger partial charge in [0.1, 0.15) is 12.6 Å². The van der Waals surface area contributed by atoms with Crippen molar-refractivity contribution in [2.24, 2.45) is 5.92 Å². The summed E-state index contributed by atoms with van der Waals surface area (Å²) < 4.78 is 5.08. The maximum Gasteiger partial charge on any atom is 0.408 e. The molecule has 6 heteroatoms. The lowest BCUT2D eigenvalue weighted by Crippen LogP contribution is -2.42. The normalized spacial score (nSPS) is 16.7. The predicted octanol–water partition coefficient (Wildman–Crippen LogP) is 2.90. The molecule has 120 valence electrons. The second-order valence-corrected chi connectivity index (χ2v) is 6.61. The summed E-state index contributed by atoms with van der Waals surface area (Å²) in [5.41, 5.74) is 0.869. The highest BCUT2D eigenvalue weighted by molar-refractivity contribution is 7.99. The van der Waals surface area contributed by atoms with Crippen molar-refractivity contribution in [3.8, 4) is 0 Å². The number of carbonyl (C=O) groups excluding carboxylic acids is 1. The quantitative estimate of drug-likeness (QED) is 0.842. The van der Waals surface area contributed by atoms with Crippen LogP contribution in [-0.4, -0.2) is 34.7 Å². The van der Waals surface area contributed by atoms with Crippen LogP contribution in [0.25, 0.3) is 0 Å². The Balaban J connectivity index is 1.79. The van der Waals surface area contributed by atoms with Crippen LogP contribution in [0, 0.1) is 5.92 Å². The summed E-state index contributed by atoms with van der Waals surface area (Å²) in [5.74, 6) is 1.48. The number of carboxylic acid groups (broad SMARTS) is 1. The van der Waals surface area contributed by atoms with Crippen LogP contribution in [0.2, 0.25) is 0 Å². The summed E-state index contributed by atoms with van der Waals surface area (Å²) in [6.07, 6.45) is 1.81. The van der Waals surface area contributed by atoms with Gasteiger partial charge in [0.15, 0.2) is 0 Å². The standard InChI is InChI=1S/C16H21NO4S/c18-15(19)14(10-12-6-8-22-9-7-12)17-16(20)21-11-13-4-2-1-3-5-13/h1-5,12,14H,6-11H2,(H,17,20)(H,18,19). The molecular weight excluding hydrogens is 302 g/mol. The Labute approximate surface area is 134 Å². The minimum Gasteiger partial charge on any atom is -0.480 e. The third kappa shape index (κ3) is 5.60. The number of thioether (sulfide) groups is 1. The first-order valence-corrected chi connectivity index (χ1v) is 8.58. The van der Waals surface area contributed by atoms with Gasteiger partial charge in [0.25, 0.3) is 0 Å². The van der Waals surface area contributed by atoms with Crippen molar-refractivity contribution in [3.63, 3.8) is 0 Å². The molecule has 2 N–H and O–H groups in total. The molecule has 0 spiro atoms. The number of ether oxygens (including phenoxy) is 1. The van der Waals surface area contributed by atoms with E-state index in [0.717, 1.165) is 29.9 Å². The highest BCUT2D eigenvalue weighted by Gasteiger charge is 2.26. The topological polar surface area (TPSA) is 75.6 Å². The minimum atomic E-state index is -1.00. The van der Waals surface area contributed by atoms with Crippen LogP contribution in [0.1, 0.15) is 24.8 Å². The molecule has 0 radical (unpaired) electrons. The molecule has 0 saturated carbocycles. The molecule has 0 aromatic heterocycles. The van der Waals surface area contributed by atoms with Crippen LogP contribution in [0.5, 0.6) is 0 Å². The van der Waals surface area contributed by atoms with E-state index in [1.165, 1.54) is 0 Å². The number of benzene rings is 1. The van der Waals surface area contributed by atoms with Gasteiger partial charge in [0.2, 0.25) is 0 Å². The van der Waals surface area contributed by atoms with Crippen molar-refractivity contribution in [2.45, 2.75) is 31.9 Å². The van der Waals surface area contributed by atoms with E-state index in [1.54, 1.807) is 0 Å². The molecule has 1 saturated heterocycles. The van der Waals surface area contributed by atoms with Gasteiger partial charge in [-0.15, -0.1) is 0 Å². The summed E-state index contributed by atoms with van der Waals surface area (Å²) >= 11 is 1.89. The Morgan fingerprint density at radius 3 is 2.59 bits per heavy atom. The first kappa shape index (κ1) is 16.7. The molecule has 1 atom stereocenters. The van der Waals surface area contributed by atoms with E-state index in [2.05, 4.69) is 5.32 Å². The number of carbonyl (C=O) groups is 2. The third-order valence-electron chi connectivity index (χ3n) is 3.71. The smallest absolute Gasteiger partial charge is 0.408 e. The Kier molecular flexibility index (Phi) is 6.58. The number of alkyl carbamates (subject to hydrolysis) is 1. The molecule has 1 fully saturated rings. The third-order valence-corrected chi connectivity index (χ3v) is 4.76. The van der Waals surface area contributed by atoms with Crippen molar-refractivity contribution in [2.75, 3.05) is 11.5 Å². The molecular formula is C16H21NO4S. The molecule has 1 unspecified atom stereocenters. The van der Waals surface area contributed by atoms with Gasteiger partial charge < -0.3 is 15.2 Å². The average Bonchev–Trinajstić information content (AvgIpc) is 2.54. The molecule has 0 bridgehead atoms. The maximum atomic E-state index is 11.8. The van der Waals surface area contributed by atoms with Gasteiger partial charge in [0.05, 0.1) is 0 Å². The molecule has 1 aromatic carbocycles. The van der Waals surface area contributed by atoms with Gasteiger partial charge in [-0.3, -0.25) is 0 Å².